The number of carbonyl (C=O) groups excluding carboxylic acids is 2. The summed E-state index contributed by atoms with van der Waals surface area (Å²) in [5, 5.41) is 3.06. The summed E-state index contributed by atoms with van der Waals surface area (Å²) < 4.78 is 5.53. The number of carbonyl (C=O) groups is 2. The lowest BCUT2D eigenvalue weighted by atomic mass is 9.96. The van der Waals surface area contributed by atoms with Crippen molar-refractivity contribution in [2.75, 3.05) is 42.5 Å². The van der Waals surface area contributed by atoms with Gasteiger partial charge in [0.2, 0.25) is 0 Å². The van der Waals surface area contributed by atoms with Gasteiger partial charge in [0.05, 0.1) is 0 Å². The van der Waals surface area contributed by atoms with E-state index in [1.807, 2.05) is 58.2 Å². The molecule has 4 heterocycles. The average Bonchev–Trinajstić information content (AvgIpc) is 3.43. The summed E-state index contributed by atoms with van der Waals surface area (Å²) in [6, 6.07) is 10.4. The van der Waals surface area contributed by atoms with Crippen molar-refractivity contribution in [1.82, 2.24) is 20.2 Å². The molecule has 0 radical (unpaired) electrons. The van der Waals surface area contributed by atoms with Gasteiger partial charge < -0.3 is 29.7 Å². The molecular weight excluding hydrogens is 580 g/mol. The highest BCUT2D eigenvalue weighted by atomic mass is 16.6. The normalized spacial score (nSPS) is 15.0. The quantitative estimate of drug-likeness (QED) is 0.349. The van der Waals surface area contributed by atoms with E-state index in [-0.39, 0.29) is 36.1 Å². The minimum Gasteiger partial charge on any atom is -0.444 e. The highest BCUT2D eigenvalue weighted by Crippen LogP contribution is 2.37. The Morgan fingerprint density at radius 2 is 1.72 bits per heavy atom. The Hall–Kier alpha value is -4.34. The molecule has 0 spiro atoms. The minimum atomic E-state index is -0.520. The molecule has 0 aliphatic carbocycles. The Kier molecular flexibility index (Phi) is 9.47. The number of hydrogen-bond acceptors (Lipinski definition) is 7. The molecule has 1 saturated heterocycles. The highest BCUT2D eigenvalue weighted by molar-refractivity contribution is 5.99. The van der Waals surface area contributed by atoms with Crippen LogP contribution >= 0.6 is 0 Å². The lowest BCUT2D eigenvalue weighted by Crippen LogP contribution is -2.50. The van der Waals surface area contributed by atoms with E-state index in [1.165, 1.54) is 0 Å². The first-order valence-electron chi connectivity index (χ1n) is 16.4. The smallest absolute Gasteiger partial charge is 0.410 e. The predicted molar refractivity (Wildman–Crippen MR) is 183 cm³/mol. The number of pyridine rings is 2. The standard InChI is InChI=1S/C36H48N6O4/c1-22(2)28-17-24(5)39-34(44)30(28)21-38-33(43)29-18-26(19-31-27(29)11-12-42(31)23(3)4)25-9-10-32(37-20-25)40-13-15-41(16-14-40)35(45)46-36(6,7)8/h9-10,17-20,22-23H,11-16,21H2,1-8H3,(H,38,43)(H,39,44). The number of aromatic nitrogens is 2. The van der Waals surface area contributed by atoms with Gasteiger partial charge in [-0.1, -0.05) is 13.8 Å². The van der Waals surface area contributed by atoms with Crippen molar-refractivity contribution in [1.29, 1.82) is 0 Å². The van der Waals surface area contributed by atoms with Gasteiger partial charge in [-0.15, -0.1) is 0 Å². The predicted octanol–water partition coefficient (Wildman–Crippen LogP) is 5.63. The van der Waals surface area contributed by atoms with Gasteiger partial charge in [0, 0.05) is 79.6 Å². The average molecular weight is 629 g/mol. The number of nitrogens with one attached hydrogen (secondary N) is 2. The van der Waals surface area contributed by atoms with E-state index < -0.39 is 5.60 Å². The first-order valence-corrected chi connectivity index (χ1v) is 16.4. The Balaban J connectivity index is 1.37. The van der Waals surface area contributed by atoms with E-state index in [1.54, 1.807) is 4.90 Å². The molecule has 10 heteroatoms. The molecule has 0 bridgehead atoms. The van der Waals surface area contributed by atoms with Crippen LogP contribution in [-0.2, 0) is 17.7 Å². The SMILES string of the molecule is Cc1cc(C(C)C)c(CNC(=O)c2cc(-c3ccc(N4CCN(C(=O)OC(C)(C)C)CC4)nc3)cc3c2CCN3C(C)C)c(=O)[nH]1. The Labute approximate surface area is 272 Å². The van der Waals surface area contributed by atoms with Gasteiger partial charge in [0.1, 0.15) is 11.4 Å². The Morgan fingerprint density at radius 1 is 1.00 bits per heavy atom. The molecule has 46 heavy (non-hydrogen) atoms. The summed E-state index contributed by atoms with van der Waals surface area (Å²) in [5.41, 5.74) is 6.24. The maximum Gasteiger partial charge on any atom is 0.410 e. The molecule has 2 aliphatic rings. The van der Waals surface area contributed by atoms with E-state index >= 15 is 0 Å². The third-order valence-electron chi connectivity index (χ3n) is 8.70. The molecule has 2 amide bonds. The van der Waals surface area contributed by atoms with Crippen molar-refractivity contribution in [3.05, 3.63) is 74.8 Å². The lowest BCUT2D eigenvalue weighted by molar-refractivity contribution is 0.0240. The topological polar surface area (TPSA) is 111 Å². The fourth-order valence-corrected chi connectivity index (χ4v) is 6.33. The molecule has 10 nitrogen and oxygen atoms in total. The first kappa shape index (κ1) is 33.0. The van der Waals surface area contributed by atoms with E-state index in [0.717, 1.165) is 52.4 Å². The molecule has 1 fully saturated rings. The summed E-state index contributed by atoms with van der Waals surface area (Å²) in [6.45, 7) is 19.4. The third kappa shape index (κ3) is 7.21. The maximum atomic E-state index is 13.8. The van der Waals surface area contributed by atoms with Crippen LogP contribution in [0.4, 0.5) is 16.3 Å². The van der Waals surface area contributed by atoms with Crippen LogP contribution in [0.25, 0.3) is 11.1 Å². The number of H-pyrrole nitrogens is 1. The summed E-state index contributed by atoms with van der Waals surface area (Å²) in [5.74, 6) is 0.815. The van der Waals surface area contributed by atoms with Crippen molar-refractivity contribution < 1.29 is 14.3 Å². The number of benzene rings is 1. The van der Waals surface area contributed by atoms with Crippen LogP contribution in [0, 0.1) is 6.92 Å². The van der Waals surface area contributed by atoms with E-state index in [9.17, 15) is 14.4 Å². The van der Waals surface area contributed by atoms with Crippen LogP contribution in [-0.4, -0.2) is 71.2 Å². The number of amides is 2. The van der Waals surface area contributed by atoms with Gasteiger partial charge in [-0.3, -0.25) is 9.59 Å². The second-order valence-corrected chi connectivity index (χ2v) is 14.0. The number of anilines is 2. The van der Waals surface area contributed by atoms with Gasteiger partial charge in [0.25, 0.3) is 11.5 Å². The second kappa shape index (κ2) is 13.2. The second-order valence-electron chi connectivity index (χ2n) is 14.0. The van der Waals surface area contributed by atoms with Crippen molar-refractivity contribution in [2.45, 2.75) is 85.9 Å². The van der Waals surface area contributed by atoms with Crippen LogP contribution in [0.5, 0.6) is 0 Å². The minimum absolute atomic E-state index is 0.157. The van der Waals surface area contributed by atoms with Gasteiger partial charge in [-0.05, 0) is 101 Å². The molecular formula is C36H48N6O4. The van der Waals surface area contributed by atoms with E-state index in [4.69, 9.17) is 9.72 Å². The number of piperazine rings is 1. The first-order chi connectivity index (χ1) is 21.7. The van der Waals surface area contributed by atoms with Crippen molar-refractivity contribution in [2.24, 2.45) is 0 Å². The molecule has 3 aromatic rings. The molecule has 0 unspecified atom stereocenters. The van der Waals surface area contributed by atoms with Crippen LogP contribution in [0.1, 0.15) is 87.1 Å². The lowest BCUT2D eigenvalue weighted by Gasteiger charge is -2.36. The molecule has 2 aromatic heterocycles. The summed E-state index contributed by atoms with van der Waals surface area (Å²) in [6.07, 6.45) is 2.35. The van der Waals surface area contributed by atoms with Crippen molar-refractivity contribution in [3.8, 4) is 11.1 Å². The number of nitrogens with zero attached hydrogens (tertiary/aromatic N) is 4. The molecule has 0 atom stereocenters. The Morgan fingerprint density at radius 3 is 2.33 bits per heavy atom. The van der Waals surface area contributed by atoms with Crippen molar-refractivity contribution in [3.63, 3.8) is 0 Å². The number of aromatic amines is 1. The van der Waals surface area contributed by atoms with Gasteiger partial charge >= 0.3 is 6.09 Å². The maximum absolute atomic E-state index is 13.8. The van der Waals surface area contributed by atoms with Crippen molar-refractivity contribution >= 4 is 23.5 Å². The fourth-order valence-electron chi connectivity index (χ4n) is 6.33. The van der Waals surface area contributed by atoms with Crippen LogP contribution < -0.4 is 20.7 Å². The van der Waals surface area contributed by atoms with Gasteiger partial charge in [0.15, 0.2) is 0 Å². The Bertz CT molecular complexity index is 1650. The van der Waals surface area contributed by atoms with Gasteiger partial charge in [-0.2, -0.15) is 0 Å². The molecule has 2 N–H and O–H groups in total. The van der Waals surface area contributed by atoms with Gasteiger partial charge in [-0.25, -0.2) is 9.78 Å². The molecule has 5 rings (SSSR count). The number of hydrogen-bond donors (Lipinski definition) is 2. The third-order valence-corrected chi connectivity index (χ3v) is 8.70. The fraction of sp³-hybridized carbons (Fsp3) is 0.500. The molecule has 1 aromatic carbocycles. The number of fused-ring (bicyclic) bond motifs is 1. The number of ether oxygens (including phenoxy) is 1. The van der Waals surface area contributed by atoms with Crippen LogP contribution in [0.3, 0.4) is 0 Å². The largest absolute Gasteiger partial charge is 0.444 e. The summed E-state index contributed by atoms with van der Waals surface area (Å²) in [4.78, 5) is 53.1. The number of aryl methyl sites for hydroxylation is 1. The van der Waals surface area contributed by atoms with E-state index in [2.05, 4.69) is 53.9 Å². The zero-order valence-electron chi connectivity index (χ0n) is 28.5. The molecule has 2 aliphatic heterocycles. The molecule has 246 valence electrons. The van der Waals surface area contributed by atoms with E-state index in [0.29, 0.717) is 37.3 Å². The monoisotopic (exact) mass is 628 g/mol. The van der Waals surface area contributed by atoms with Crippen LogP contribution in [0.15, 0.2) is 41.3 Å². The number of rotatable bonds is 7. The highest BCUT2D eigenvalue weighted by Gasteiger charge is 2.29. The summed E-state index contributed by atoms with van der Waals surface area (Å²) >= 11 is 0. The zero-order chi connectivity index (χ0) is 33.3. The van der Waals surface area contributed by atoms with Crippen LogP contribution in [0.2, 0.25) is 0 Å². The molecule has 0 saturated carbocycles. The summed E-state index contributed by atoms with van der Waals surface area (Å²) in [7, 11) is 0. The zero-order valence-corrected chi connectivity index (χ0v) is 28.5.